The number of sulfonamides is 1. The summed E-state index contributed by atoms with van der Waals surface area (Å²) in [5.74, 6) is 0. The van der Waals surface area contributed by atoms with Crippen molar-refractivity contribution in [3.63, 3.8) is 0 Å². The van der Waals surface area contributed by atoms with E-state index in [9.17, 15) is 13.5 Å². The summed E-state index contributed by atoms with van der Waals surface area (Å²) in [6, 6.07) is 9.03. The maximum Gasteiger partial charge on any atom is 0.250 e. The number of nitrogens with zero attached hydrogens (tertiary/aromatic N) is 1. The monoisotopic (exact) mass is 338 g/mol. The Morgan fingerprint density at radius 3 is 2.95 bits per heavy atom. The average molecular weight is 338 g/mol. The topological polar surface area (TPSA) is 69.6 Å². The van der Waals surface area contributed by atoms with Crippen LogP contribution >= 0.6 is 11.3 Å². The van der Waals surface area contributed by atoms with Crippen molar-refractivity contribution in [2.45, 2.75) is 16.7 Å². The normalized spacial score (nSPS) is 15.8. The molecule has 1 atom stereocenters. The molecule has 22 heavy (non-hydrogen) atoms. The first-order chi connectivity index (χ1) is 10.5. The largest absolute Gasteiger partial charge is 0.387 e. The van der Waals surface area contributed by atoms with Crippen molar-refractivity contribution in [2.24, 2.45) is 0 Å². The van der Waals surface area contributed by atoms with Crippen molar-refractivity contribution in [2.75, 3.05) is 25.0 Å². The van der Waals surface area contributed by atoms with Gasteiger partial charge >= 0.3 is 0 Å². The fourth-order valence-electron chi connectivity index (χ4n) is 2.59. The minimum atomic E-state index is -3.54. The van der Waals surface area contributed by atoms with Crippen LogP contribution in [-0.4, -0.2) is 33.7 Å². The summed E-state index contributed by atoms with van der Waals surface area (Å²) in [5.41, 5.74) is 3.11. The quantitative estimate of drug-likeness (QED) is 0.871. The number of anilines is 1. The van der Waals surface area contributed by atoms with Crippen molar-refractivity contribution in [3.05, 3.63) is 46.8 Å². The highest BCUT2D eigenvalue weighted by atomic mass is 32.2. The highest BCUT2D eigenvalue weighted by Gasteiger charge is 2.20. The zero-order chi connectivity index (χ0) is 15.7. The third-order valence-electron chi connectivity index (χ3n) is 3.84. The number of fused-ring (bicyclic) bond motifs is 1. The molecule has 1 aliphatic rings. The Kier molecular flexibility index (Phi) is 4.22. The van der Waals surface area contributed by atoms with Crippen molar-refractivity contribution in [1.82, 2.24) is 4.72 Å². The van der Waals surface area contributed by atoms with E-state index >= 15 is 0 Å². The predicted molar refractivity (Wildman–Crippen MR) is 87.9 cm³/mol. The molecule has 2 N–H and O–H groups in total. The third kappa shape index (κ3) is 3.03. The van der Waals surface area contributed by atoms with Gasteiger partial charge < -0.3 is 10.0 Å². The standard InChI is InChI=1S/C15H18N2O3S2/c1-17-7-6-11-9-12(4-5-13(11)17)14(18)10-16-22(19,20)15-3-2-8-21-15/h2-5,8-9,14,16,18H,6-7,10H2,1H3/t14-/m1/s1. The predicted octanol–water partition coefficient (Wildman–Crippen LogP) is 1.75. The van der Waals surface area contributed by atoms with Crippen LogP contribution in [0.3, 0.4) is 0 Å². The lowest BCUT2D eigenvalue weighted by atomic mass is 10.0. The second-order valence-corrected chi connectivity index (χ2v) is 8.30. The SMILES string of the molecule is CN1CCc2cc([C@H](O)CNS(=O)(=O)c3cccs3)ccc21. The minimum Gasteiger partial charge on any atom is -0.387 e. The second-order valence-electron chi connectivity index (χ2n) is 5.36. The maximum atomic E-state index is 12.0. The van der Waals surface area contributed by atoms with Gasteiger partial charge in [0.05, 0.1) is 6.10 Å². The smallest absolute Gasteiger partial charge is 0.250 e. The molecule has 0 radical (unpaired) electrons. The van der Waals surface area contributed by atoms with Crippen LogP contribution in [-0.2, 0) is 16.4 Å². The Balaban J connectivity index is 1.69. The molecule has 0 bridgehead atoms. The molecule has 1 aromatic carbocycles. The summed E-state index contributed by atoms with van der Waals surface area (Å²) in [6.45, 7) is 0.939. The Morgan fingerprint density at radius 1 is 1.41 bits per heavy atom. The zero-order valence-electron chi connectivity index (χ0n) is 12.2. The summed E-state index contributed by atoms with van der Waals surface area (Å²) >= 11 is 1.16. The number of likely N-dealkylation sites (N-methyl/N-ethyl adjacent to an activating group) is 1. The van der Waals surface area contributed by atoms with Crippen molar-refractivity contribution >= 4 is 27.0 Å². The van der Waals surface area contributed by atoms with Gasteiger partial charge in [-0.1, -0.05) is 18.2 Å². The second kappa shape index (κ2) is 6.00. The van der Waals surface area contributed by atoms with E-state index in [1.165, 1.54) is 11.3 Å². The van der Waals surface area contributed by atoms with E-state index in [4.69, 9.17) is 0 Å². The Morgan fingerprint density at radius 2 is 2.23 bits per heavy atom. The summed E-state index contributed by atoms with van der Waals surface area (Å²) < 4.78 is 26.8. The van der Waals surface area contributed by atoms with Gasteiger partial charge in [0.2, 0.25) is 10.0 Å². The lowest BCUT2D eigenvalue weighted by molar-refractivity contribution is 0.182. The fourth-order valence-corrected chi connectivity index (χ4v) is 4.66. The first-order valence-corrected chi connectivity index (χ1v) is 9.39. The number of hydrogen-bond acceptors (Lipinski definition) is 5. The molecule has 5 nitrogen and oxygen atoms in total. The molecule has 118 valence electrons. The van der Waals surface area contributed by atoms with Crippen LogP contribution < -0.4 is 9.62 Å². The summed E-state index contributed by atoms with van der Waals surface area (Å²) in [6.07, 6.45) is 0.0961. The molecule has 1 aromatic heterocycles. The number of rotatable bonds is 5. The molecular formula is C15H18N2O3S2. The highest BCUT2D eigenvalue weighted by Crippen LogP contribution is 2.29. The Hall–Kier alpha value is -1.41. The molecule has 3 rings (SSSR count). The van der Waals surface area contributed by atoms with Gasteiger partial charge in [0.15, 0.2) is 0 Å². The number of thiophene rings is 1. The molecule has 2 heterocycles. The number of aliphatic hydroxyl groups is 1. The van der Waals surface area contributed by atoms with Crippen LogP contribution in [0.25, 0.3) is 0 Å². The molecule has 0 fully saturated rings. The first-order valence-electron chi connectivity index (χ1n) is 7.02. The van der Waals surface area contributed by atoms with Gasteiger partial charge in [-0.25, -0.2) is 13.1 Å². The molecular weight excluding hydrogens is 320 g/mol. The van der Waals surface area contributed by atoms with E-state index in [0.717, 1.165) is 29.9 Å². The van der Waals surface area contributed by atoms with E-state index in [0.29, 0.717) is 0 Å². The number of hydrogen-bond donors (Lipinski definition) is 2. The summed E-state index contributed by atoms with van der Waals surface area (Å²) in [4.78, 5) is 2.17. The van der Waals surface area contributed by atoms with E-state index in [-0.39, 0.29) is 10.8 Å². The zero-order valence-corrected chi connectivity index (χ0v) is 13.8. The van der Waals surface area contributed by atoms with Crippen LogP contribution in [0.2, 0.25) is 0 Å². The Labute approximate surface area is 134 Å². The summed E-state index contributed by atoms with van der Waals surface area (Å²) in [7, 11) is -1.50. The van der Waals surface area contributed by atoms with Gasteiger partial charge in [-0.3, -0.25) is 0 Å². The molecule has 0 aliphatic carbocycles. The van der Waals surface area contributed by atoms with Gasteiger partial charge in [-0.2, -0.15) is 0 Å². The lowest BCUT2D eigenvalue weighted by Crippen LogP contribution is -2.28. The number of nitrogens with one attached hydrogen (secondary N) is 1. The van der Waals surface area contributed by atoms with Gasteiger partial charge in [-0.15, -0.1) is 11.3 Å². The maximum absolute atomic E-state index is 12.0. The van der Waals surface area contributed by atoms with E-state index < -0.39 is 16.1 Å². The molecule has 7 heteroatoms. The first kappa shape index (κ1) is 15.5. The molecule has 0 spiro atoms. The van der Waals surface area contributed by atoms with Crippen molar-refractivity contribution < 1.29 is 13.5 Å². The van der Waals surface area contributed by atoms with Crippen molar-refractivity contribution in [1.29, 1.82) is 0 Å². The Bertz CT molecular complexity index is 757. The van der Waals surface area contributed by atoms with E-state index in [1.807, 2.05) is 25.2 Å². The number of aliphatic hydroxyl groups excluding tert-OH is 1. The average Bonchev–Trinajstić information content (AvgIpc) is 3.15. The molecule has 0 amide bonds. The van der Waals surface area contributed by atoms with Gasteiger partial charge in [-0.05, 0) is 35.1 Å². The van der Waals surface area contributed by atoms with Crippen LogP contribution in [0.4, 0.5) is 5.69 Å². The minimum absolute atomic E-state index is 0.0329. The molecule has 2 aromatic rings. The fraction of sp³-hybridized carbons (Fsp3) is 0.333. The number of benzene rings is 1. The highest BCUT2D eigenvalue weighted by molar-refractivity contribution is 7.91. The van der Waals surface area contributed by atoms with E-state index in [2.05, 4.69) is 9.62 Å². The lowest BCUT2D eigenvalue weighted by Gasteiger charge is -2.15. The van der Waals surface area contributed by atoms with Crippen LogP contribution in [0, 0.1) is 0 Å². The van der Waals surface area contributed by atoms with Crippen LogP contribution in [0.1, 0.15) is 17.2 Å². The molecule has 0 saturated heterocycles. The van der Waals surface area contributed by atoms with E-state index in [1.54, 1.807) is 17.5 Å². The van der Waals surface area contributed by atoms with Gasteiger partial charge in [0, 0.05) is 25.8 Å². The third-order valence-corrected chi connectivity index (χ3v) is 6.66. The van der Waals surface area contributed by atoms with Crippen LogP contribution in [0.5, 0.6) is 0 Å². The van der Waals surface area contributed by atoms with Gasteiger partial charge in [0.1, 0.15) is 4.21 Å². The molecule has 1 aliphatic heterocycles. The molecule has 0 unspecified atom stereocenters. The van der Waals surface area contributed by atoms with Crippen LogP contribution in [0.15, 0.2) is 39.9 Å². The molecule has 0 saturated carbocycles. The van der Waals surface area contributed by atoms with Crippen molar-refractivity contribution in [3.8, 4) is 0 Å². The van der Waals surface area contributed by atoms with Gasteiger partial charge in [0.25, 0.3) is 0 Å². The summed E-state index contributed by atoms with van der Waals surface area (Å²) in [5, 5.41) is 12.0.